The Kier molecular flexibility index (Phi) is 8.94. The van der Waals surface area contributed by atoms with Crippen LogP contribution in [0.5, 0.6) is 23.0 Å². The lowest BCUT2D eigenvalue weighted by atomic mass is 10.1. The quantitative estimate of drug-likeness (QED) is 0.186. The Balaban J connectivity index is 1.90. The smallest absolute Gasteiger partial charge is 0.339 e. The fourth-order valence-electron chi connectivity index (χ4n) is 2.98. The molecule has 0 atom stereocenters. The van der Waals surface area contributed by atoms with Crippen LogP contribution in [0.1, 0.15) is 43.1 Å². The van der Waals surface area contributed by atoms with Crippen LogP contribution in [0.25, 0.3) is 5.70 Å². The van der Waals surface area contributed by atoms with E-state index >= 15 is 0 Å². The van der Waals surface area contributed by atoms with Crippen LogP contribution in [-0.2, 0) is 4.84 Å². The maximum atomic E-state index is 11.7. The Hall–Kier alpha value is -3.97. The molecule has 178 valence electrons. The second kappa shape index (κ2) is 12.3. The number of benzene rings is 3. The minimum absolute atomic E-state index is 0.0161. The first-order valence-corrected chi connectivity index (χ1v) is 11.1. The van der Waals surface area contributed by atoms with E-state index in [4.69, 9.17) is 19.0 Å². The molecular formula is C27H29NO6. The van der Waals surface area contributed by atoms with Crippen molar-refractivity contribution in [3.63, 3.8) is 0 Å². The number of carboxylic acid groups (broad SMARTS) is 1. The van der Waals surface area contributed by atoms with Crippen LogP contribution in [0, 0.1) is 0 Å². The molecule has 0 saturated heterocycles. The van der Waals surface area contributed by atoms with E-state index in [0.717, 1.165) is 12.0 Å². The molecule has 3 rings (SSSR count). The monoisotopic (exact) mass is 463 g/mol. The van der Waals surface area contributed by atoms with Crippen LogP contribution < -0.4 is 19.7 Å². The molecule has 0 aromatic heterocycles. The van der Waals surface area contributed by atoms with Crippen molar-refractivity contribution in [1.29, 1.82) is 0 Å². The number of para-hydroxylation sites is 1. The van der Waals surface area contributed by atoms with Gasteiger partial charge in [-0.25, -0.2) is 4.79 Å². The summed E-state index contributed by atoms with van der Waals surface area (Å²) in [6.45, 7) is 6.26. The summed E-state index contributed by atoms with van der Waals surface area (Å²) in [5, 5.41) is 9.57. The van der Waals surface area contributed by atoms with Crippen LogP contribution in [0.4, 0.5) is 0 Å². The minimum atomic E-state index is -1.10. The molecule has 0 aliphatic heterocycles. The van der Waals surface area contributed by atoms with E-state index in [9.17, 15) is 9.90 Å². The van der Waals surface area contributed by atoms with Crippen molar-refractivity contribution >= 4 is 11.7 Å². The lowest BCUT2D eigenvalue weighted by molar-refractivity contribution is 0.0693. The summed E-state index contributed by atoms with van der Waals surface area (Å²) in [4.78, 5) is 17.2. The largest absolute Gasteiger partial charge is 0.491 e. The molecule has 0 aliphatic rings. The number of nitrogens with one attached hydrogen (secondary N) is 1. The summed E-state index contributed by atoms with van der Waals surface area (Å²) < 4.78 is 17.4. The van der Waals surface area contributed by atoms with Crippen LogP contribution in [0.2, 0.25) is 0 Å². The highest BCUT2D eigenvalue weighted by molar-refractivity contribution is 5.91. The topological polar surface area (TPSA) is 86.2 Å². The third kappa shape index (κ3) is 7.28. The van der Waals surface area contributed by atoms with Crippen molar-refractivity contribution in [1.82, 2.24) is 5.48 Å². The molecule has 7 nitrogen and oxygen atoms in total. The number of hydrogen-bond acceptors (Lipinski definition) is 6. The zero-order valence-electron chi connectivity index (χ0n) is 19.5. The molecule has 0 aliphatic carbocycles. The second-order valence-corrected chi connectivity index (χ2v) is 7.67. The molecule has 0 fully saturated rings. The molecular weight excluding hydrogens is 434 g/mol. The van der Waals surface area contributed by atoms with Gasteiger partial charge in [0.1, 0.15) is 40.5 Å². The molecule has 0 saturated carbocycles. The van der Waals surface area contributed by atoms with Gasteiger partial charge in [0, 0.05) is 11.6 Å². The van der Waals surface area contributed by atoms with Crippen LogP contribution >= 0.6 is 0 Å². The van der Waals surface area contributed by atoms with E-state index in [0.29, 0.717) is 29.6 Å². The summed E-state index contributed by atoms with van der Waals surface area (Å²) in [6, 6.07) is 21.5. The minimum Gasteiger partial charge on any atom is -0.491 e. The SMILES string of the molecule is CCCONC(=COc1cc(OC(C)C)ccc1C(=O)O)c1cccc(Oc2ccccc2)c1. The van der Waals surface area contributed by atoms with Gasteiger partial charge in [-0.1, -0.05) is 37.3 Å². The molecule has 0 unspecified atom stereocenters. The van der Waals surface area contributed by atoms with E-state index in [2.05, 4.69) is 5.48 Å². The Labute approximate surface area is 199 Å². The lowest BCUT2D eigenvalue weighted by Crippen LogP contribution is -2.15. The zero-order chi connectivity index (χ0) is 24.3. The molecule has 0 radical (unpaired) electrons. The Bertz CT molecular complexity index is 1110. The molecule has 3 aromatic rings. The van der Waals surface area contributed by atoms with E-state index in [1.165, 1.54) is 12.3 Å². The first kappa shape index (κ1) is 24.7. The van der Waals surface area contributed by atoms with Crippen LogP contribution in [0.15, 0.2) is 79.1 Å². The first-order valence-electron chi connectivity index (χ1n) is 11.1. The Morgan fingerprint density at radius 3 is 2.44 bits per heavy atom. The van der Waals surface area contributed by atoms with Gasteiger partial charge in [0.2, 0.25) is 0 Å². The highest BCUT2D eigenvalue weighted by Gasteiger charge is 2.14. The van der Waals surface area contributed by atoms with Gasteiger partial charge in [0.15, 0.2) is 0 Å². The van der Waals surface area contributed by atoms with E-state index in [1.807, 2.05) is 75.4 Å². The molecule has 0 heterocycles. The number of hydroxylamine groups is 1. The first-order chi connectivity index (χ1) is 16.5. The Morgan fingerprint density at radius 2 is 1.74 bits per heavy atom. The van der Waals surface area contributed by atoms with Gasteiger partial charge in [-0.3, -0.25) is 10.3 Å². The zero-order valence-corrected chi connectivity index (χ0v) is 19.5. The van der Waals surface area contributed by atoms with Crippen molar-refractivity contribution in [3.8, 4) is 23.0 Å². The number of ether oxygens (including phenoxy) is 3. The molecule has 34 heavy (non-hydrogen) atoms. The number of carboxylic acids is 1. The molecule has 3 aromatic carbocycles. The maximum absolute atomic E-state index is 11.7. The molecule has 0 spiro atoms. The van der Waals surface area contributed by atoms with Gasteiger partial charge in [0.25, 0.3) is 0 Å². The van der Waals surface area contributed by atoms with E-state index in [1.54, 1.807) is 12.1 Å². The third-order valence-electron chi connectivity index (χ3n) is 4.47. The highest BCUT2D eigenvalue weighted by atomic mass is 16.6. The van der Waals surface area contributed by atoms with Gasteiger partial charge in [-0.05, 0) is 56.7 Å². The van der Waals surface area contributed by atoms with Gasteiger partial charge >= 0.3 is 5.97 Å². The van der Waals surface area contributed by atoms with E-state index < -0.39 is 5.97 Å². The van der Waals surface area contributed by atoms with Crippen molar-refractivity contribution in [2.24, 2.45) is 0 Å². The van der Waals surface area contributed by atoms with Crippen molar-refractivity contribution in [2.45, 2.75) is 33.3 Å². The average molecular weight is 464 g/mol. The van der Waals surface area contributed by atoms with E-state index in [-0.39, 0.29) is 17.4 Å². The van der Waals surface area contributed by atoms with Crippen molar-refractivity contribution < 1.29 is 28.9 Å². The fraction of sp³-hybridized carbons (Fsp3) is 0.222. The third-order valence-corrected chi connectivity index (χ3v) is 4.47. The van der Waals surface area contributed by atoms with Gasteiger partial charge < -0.3 is 19.3 Å². The second-order valence-electron chi connectivity index (χ2n) is 7.67. The predicted molar refractivity (Wildman–Crippen MR) is 130 cm³/mol. The van der Waals surface area contributed by atoms with Gasteiger partial charge in [-0.2, -0.15) is 0 Å². The van der Waals surface area contributed by atoms with Crippen LogP contribution in [0.3, 0.4) is 0 Å². The standard InChI is InChI=1S/C27H29NO6/c1-4-15-32-28-25(20-9-8-12-22(16-20)34-21-10-6-5-7-11-21)18-31-26-17-23(33-19(2)3)13-14-24(26)27(29)30/h5-14,16-19,28H,4,15H2,1-3H3,(H,29,30). The average Bonchev–Trinajstić information content (AvgIpc) is 2.81. The lowest BCUT2D eigenvalue weighted by Gasteiger charge is -2.15. The number of hydrogen-bond donors (Lipinski definition) is 2. The normalized spacial score (nSPS) is 11.2. The fourth-order valence-corrected chi connectivity index (χ4v) is 2.98. The highest BCUT2D eigenvalue weighted by Crippen LogP contribution is 2.28. The van der Waals surface area contributed by atoms with Crippen molar-refractivity contribution in [2.75, 3.05) is 6.61 Å². The molecule has 0 amide bonds. The van der Waals surface area contributed by atoms with Crippen molar-refractivity contribution in [3.05, 3.63) is 90.2 Å². The van der Waals surface area contributed by atoms with Gasteiger partial charge in [-0.15, -0.1) is 0 Å². The summed E-state index contributed by atoms with van der Waals surface area (Å²) in [7, 11) is 0. The maximum Gasteiger partial charge on any atom is 0.339 e. The summed E-state index contributed by atoms with van der Waals surface area (Å²) in [5.74, 6) is 0.903. The summed E-state index contributed by atoms with van der Waals surface area (Å²) in [5.41, 5.74) is 4.14. The molecule has 7 heteroatoms. The predicted octanol–water partition coefficient (Wildman–Crippen LogP) is 6.27. The number of aromatic carboxylic acids is 1. The molecule has 2 N–H and O–H groups in total. The Morgan fingerprint density at radius 1 is 0.971 bits per heavy atom. The summed E-state index contributed by atoms with van der Waals surface area (Å²) >= 11 is 0. The number of carbonyl (C=O) groups is 1. The number of rotatable bonds is 12. The molecule has 0 bridgehead atoms. The van der Waals surface area contributed by atoms with Gasteiger partial charge in [0.05, 0.1) is 12.7 Å². The van der Waals surface area contributed by atoms with Crippen LogP contribution in [-0.4, -0.2) is 23.8 Å². The summed E-state index contributed by atoms with van der Waals surface area (Å²) in [6.07, 6.45) is 2.17.